The van der Waals surface area contributed by atoms with Crippen LogP contribution in [0.4, 0.5) is 26.3 Å². The Morgan fingerprint density at radius 1 is 0.952 bits per heavy atom. The van der Waals surface area contributed by atoms with Gasteiger partial charge in [-0.1, -0.05) is 6.92 Å². The predicted octanol–water partition coefficient (Wildman–Crippen LogP) is 4.37. The van der Waals surface area contributed by atoms with Crippen molar-refractivity contribution >= 4 is 0 Å². The van der Waals surface area contributed by atoms with E-state index in [-0.39, 0.29) is 11.6 Å². The maximum Gasteiger partial charge on any atom is 0.416 e. The summed E-state index contributed by atoms with van der Waals surface area (Å²) in [4.78, 5) is 0. The lowest BCUT2D eigenvalue weighted by Gasteiger charge is -2.35. The zero-order valence-electron chi connectivity index (χ0n) is 11.3. The molecule has 1 aliphatic rings. The summed E-state index contributed by atoms with van der Waals surface area (Å²) in [5.74, 6) is 0. The Morgan fingerprint density at radius 2 is 1.48 bits per heavy atom. The molecule has 7 heteroatoms. The topological polar surface area (TPSA) is 12.0 Å². The van der Waals surface area contributed by atoms with E-state index in [1.54, 1.807) is 6.92 Å². The zero-order valence-corrected chi connectivity index (χ0v) is 11.3. The summed E-state index contributed by atoms with van der Waals surface area (Å²) in [5.41, 5.74) is -3.14. The van der Waals surface area contributed by atoms with Crippen LogP contribution in [0.2, 0.25) is 0 Å². The standard InChI is InChI=1S/C14H15F6N/c1-12(3-2-4-21-8-12)9-5-10(13(15,16)17)7-11(6-9)14(18,19)20/h5-7,21H,2-4,8H2,1H3. The first kappa shape index (κ1) is 16.1. The molecule has 0 saturated carbocycles. The summed E-state index contributed by atoms with van der Waals surface area (Å²) in [7, 11) is 0. The molecule has 1 nitrogen and oxygen atoms in total. The lowest BCUT2D eigenvalue weighted by Crippen LogP contribution is -2.41. The van der Waals surface area contributed by atoms with Crippen molar-refractivity contribution in [3.63, 3.8) is 0 Å². The van der Waals surface area contributed by atoms with Gasteiger partial charge in [-0.05, 0) is 43.1 Å². The van der Waals surface area contributed by atoms with Gasteiger partial charge in [-0.25, -0.2) is 0 Å². The van der Waals surface area contributed by atoms with Crippen molar-refractivity contribution in [3.8, 4) is 0 Å². The summed E-state index contributed by atoms with van der Waals surface area (Å²) in [6.45, 7) is 2.78. The zero-order chi connectivity index (χ0) is 15.9. The van der Waals surface area contributed by atoms with Crippen LogP contribution in [0, 0.1) is 0 Å². The molecule has 1 heterocycles. The monoisotopic (exact) mass is 311 g/mol. The SMILES string of the molecule is CC1(c2cc(C(F)(F)F)cc(C(F)(F)F)c2)CCCNC1. The van der Waals surface area contributed by atoms with Gasteiger partial charge in [-0.2, -0.15) is 26.3 Å². The van der Waals surface area contributed by atoms with Crippen LogP contribution in [-0.2, 0) is 17.8 Å². The quantitative estimate of drug-likeness (QED) is 0.760. The first-order valence-electron chi connectivity index (χ1n) is 6.53. The van der Waals surface area contributed by atoms with Crippen LogP contribution in [-0.4, -0.2) is 13.1 Å². The van der Waals surface area contributed by atoms with E-state index in [0.717, 1.165) is 18.7 Å². The average molecular weight is 311 g/mol. The Bertz CT molecular complexity index is 479. The molecule has 21 heavy (non-hydrogen) atoms. The molecule has 1 aromatic carbocycles. The van der Waals surface area contributed by atoms with E-state index < -0.39 is 28.9 Å². The molecule has 118 valence electrons. The Hall–Kier alpha value is -1.24. The van der Waals surface area contributed by atoms with Crippen LogP contribution < -0.4 is 5.32 Å². The van der Waals surface area contributed by atoms with Crippen LogP contribution in [0.3, 0.4) is 0 Å². The van der Waals surface area contributed by atoms with Gasteiger partial charge in [0, 0.05) is 12.0 Å². The predicted molar refractivity (Wildman–Crippen MR) is 65.9 cm³/mol. The molecule has 0 aliphatic carbocycles. The molecule has 0 amide bonds. The van der Waals surface area contributed by atoms with E-state index in [1.807, 2.05) is 0 Å². The summed E-state index contributed by atoms with van der Waals surface area (Å²) >= 11 is 0. The molecule has 1 fully saturated rings. The molecule has 0 spiro atoms. The number of alkyl halides is 6. The van der Waals surface area contributed by atoms with E-state index in [9.17, 15) is 26.3 Å². The maximum absolute atomic E-state index is 12.8. The lowest BCUT2D eigenvalue weighted by molar-refractivity contribution is -0.143. The molecule has 0 radical (unpaired) electrons. The van der Waals surface area contributed by atoms with E-state index in [4.69, 9.17) is 0 Å². The third kappa shape index (κ3) is 3.51. The van der Waals surface area contributed by atoms with E-state index in [0.29, 0.717) is 19.4 Å². The Morgan fingerprint density at radius 3 is 1.86 bits per heavy atom. The minimum absolute atomic E-state index is 0.0804. The van der Waals surface area contributed by atoms with Crippen molar-refractivity contribution in [1.29, 1.82) is 0 Å². The van der Waals surface area contributed by atoms with Gasteiger partial charge >= 0.3 is 12.4 Å². The van der Waals surface area contributed by atoms with Gasteiger partial charge < -0.3 is 5.32 Å². The number of piperidine rings is 1. The van der Waals surface area contributed by atoms with Crippen LogP contribution in [0.1, 0.15) is 36.5 Å². The van der Waals surface area contributed by atoms with E-state index in [1.165, 1.54) is 0 Å². The number of hydrogen-bond donors (Lipinski definition) is 1. The summed E-state index contributed by atoms with van der Waals surface area (Å²) < 4.78 is 77.1. The molecule has 0 aromatic heterocycles. The van der Waals surface area contributed by atoms with Crippen LogP contribution in [0.5, 0.6) is 0 Å². The van der Waals surface area contributed by atoms with Crippen molar-refractivity contribution in [2.45, 2.75) is 37.5 Å². The van der Waals surface area contributed by atoms with Crippen molar-refractivity contribution in [2.24, 2.45) is 0 Å². The highest BCUT2D eigenvalue weighted by Crippen LogP contribution is 2.40. The van der Waals surface area contributed by atoms with Gasteiger partial charge in [0.15, 0.2) is 0 Å². The largest absolute Gasteiger partial charge is 0.416 e. The highest BCUT2D eigenvalue weighted by Gasteiger charge is 2.39. The summed E-state index contributed by atoms with van der Waals surface area (Å²) in [5, 5.41) is 3.03. The number of hydrogen-bond acceptors (Lipinski definition) is 1. The van der Waals surface area contributed by atoms with E-state index in [2.05, 4.69) is 5.32 Å². The molecule has 1 N–H and O–H groups in total. The van der Waals surface area contributed by atoms with Crippen molar-refractivity contribution in [2.75, 3.05) is 13.1 Å². The molecular formula is C14H15F6N. The Balaban J connectivity index is 2.55. The van der Waals surface area contributed by atoms with Crippen molar-refractivity contribution < 1.29 is 26.3 Å². The molecule has 1 atom stereocenters. The summed E-state index contributed by atoms with van der Waals surface area (Å²) in [6.07, 6.45) is -8.32. The molecule has 0 bridgehead atoms. The maximum atomic E-state index is 12.8. The summed E-state index contributed by atoms with van der Waals surface area (Å²) in [6, 6.07) is 1.84. The van der Waals surface area contributed by atoms with E-state index >= 15 is 0 Å². The van der Waals surface area contributed by atoms with Gasteiger partial charge in [0.1, 0.15) is 0 Å². The molecule has 1 saturated heterocycles. The molecule has 1 unspecified atom stereocenters. The second-order valence-electron chi connectivity index (χ2n) is 5.64. The van der Waals surface area contributed by atoms with Gasteiger partial charge in [0.25, 0.3) is 0 Å². The number of nitrogens with one attached hydrogen (secondary N) is 1. The molecule has 2 rings (SSSR count). The third-order valence-corrected chi connectivity index (χ3v) is 3.88. The van der Waals surface area contributed by atoms with Crippen molar-refractivity contribution in [3.05, 3.63) is 34.9 Å². The molecule has 1 aliphatic heterocycles. The molecular weight excluding hydrogens is 296 g/mol. The minimum atomic E-state index is -4.80. The average Bonchev–Trinajstić information content (AvgIpc) is 2.37. The Labute approximate surface area is 118 Å². The fraction of sp³-hybridized carbons (Fsp3) is 0.571. The third-order valence-electron chi connectivity index (χ3n) is 3.88. The minimum Gasteiger partial charge on any atom is -0.316 e. The lowest BCUT2D eigenvalue weighted by atomic mass is 9.75. The smallest absolute Gasteiger partial charge is 0.316 e. The second kappa shape index (κ2) is 5.19. The number of halogens is 6. The fourth-order valence-corrected chi connectivity index (χ4v) is 2.61. The van der Waals surface area contributed by atoms with Crippen LogP contribution in [0.15, 0.2) is 18.2 Å². The Kier molecular flexibility index (Phi) is 3.99. The van der Waals surface area contributed by atoms with Crippen molar-refractivity contribution in [1.82, 2.24) is 5.32 Å². The van der Waals surface area contributed by atoms with Gasteiger partial charge in [0.2, 0.25) is 0 Å². The van der Waals surface area contributed by atoms with Gasteiger partial charge in [0.05, 0.1) is 11.1 Å². The molecule has 1 aromatic rings. The number of benzene rings is 1. The van der Waals surface area contributed by atoms with Crippen LogP contribution >= 0.6 is 0 Å². The number of rotatable bonds is 1. The normalized spacial score (nSPS) is 24.1. The highest BCUT2D eigenvalue weighted by atomic mass is 19.4. The van der Waals surface area contributed by atoms with Gasteiger partial charge in [-0.15, -0.1) is 0 Å². The second-order valence-corrected chi connectivity index (χ2v) is 5.64. The highest BCUT2D eigenvalue weighted by molar-refractivity contribution is 5.38. The first-order chi connectivity index (χ1) is 9.52. The fourth-order valence-electron chi connectivity index (χ4n) is 2.61. The first-order valence-corrected chi connectivity index (χ1v) is 6.53. The van der Waals surface area contributed by atoms with Crippen LogP contribution in [0.25, 0.3) is 0 Å². The van der Waals surface area contributed by atoms with Gasteiger partial charge in [-0.3, -0.25) is 0 Å².